The SMILES string of the molecule is Cc1cc(C)cc(CSCC(=O)NCCSCc2ccc(Cl)cc2)c1. The first-order valence-electron chi connectivity index (χ1n) is 8.27. The van der Waals surface area contributed by atoms with Crippen LogP contribution in [0.1, 0.15) is 22.3 Å². The van der Waals surface area contributed by atoms with Crippen molar-refractivity contribution >= 4 is 41.0 Å². The highest BCUT2D eigenvalue weighted by Gasteiger charge is 2.03. The highest BCUT2D eigenvalue weighted by Crippen LogP contribution is 2.16. The van der Waals surface area contributed by atoms with E-state index in [0.29, 0.717) is 12.3 Å². The summed E-state index contributed by atoms with van der Waals surface area (Å²) >= 11 is 9.35. The zero-order chi connectivity index (χ0) is 18.1. The summed E-state index contributed by atoms with van der Waals surface area (Å²) in [4.78, 5) is 11.9. The summed E-state index contributed by atoms with van der Waals surface area (Å²) in [5, 5.41) is 3.75. The van der Waals surface area contributed by atoms with Crippen LogP contribution in [0.15, 0.2) is 42.5 Å². The fraction of sp³-hybridized carbons (Fsp3) is 0.350. The van der Waals surface area contributed by atoms with Crippen molar-refractivity contribution < 1.29 is 4.79 Å². The van der Waals surface area contributed by atoms with Gasteiger partial charge in [0.05, 0.1) is 5.75 Å². The Balaban J connectivity index is 1.55. The molecule has 0 aromatic heterocycles. The number of rotatable bonds is 9. The molecule has 0 unspecified atom stereocenters. The summed E-state index contributed by atoms with van der Waals surface area (Å²) in [5.74, 6) is 3.35. The van der Waals surface area contributed by atoms with Crippen LogP contribution in [-0.2, 0) is 16.3 Å². The fourth-order valence-corrected chi connectivity index (χ4v) is 4.23. The van der Waals surface area contributed by atoms with E-state index >= 15 is 0 Å². The third kappa shape index (κ3) is 8.21. The standard InChI is InChI=1S/C20H24ClNOS2/c1-15-9-16(2)11-18(10-15)13-25-14-20(23)22-7-8-24-12-17-3-5-19(21)6-4-17/h3-6,9-11H,7-8,12-14H2,1-2H3,(H,22,23). The van der Waals surface area contributed by atoms with Gasteiger partial charge < -0.3 is 5.32 Å². The second kappa shape index (κ2) is 10.8. The number of nitrogens with one attached hydrogen (secondary N) is 1. The molecule has 134 valence electrons. The summed E-state index contributed by atoms with van der Waals surface area (Å²) in [5.41, 5.74) is 5.09. The number of thioether (sulfide) groups is 2. The molecule has 2 rings (SSSR count). The number of benzene rings is 2. The smallest absolute Gasteiger partial charge is 0.230 e. The van der Waals surface area contributed by atoms with Gasteiger partial charge in [0.15, 0.2) is 0 Å². The van der Waals surface area contributed by atoms with Crippen LogP contribution in [-0.4, -0.2) is 24.0 Å². The number of carbonyl (C=O) groups excluding carboxylic acids is 1. The lowest BCUT2D eigenvalue weighted by atomic mass is 10.1. The van der Waals surface area contributed by atoms with Gasteiger partial charge in [-0.15, -0.1) is 11.8 Å². The normalized spacial score (nSPS) is 10.7. The van der Waals surface area contributed by atoms with Gasteiger partial charge in [0, 0.05) is 28.8 Å². The predicted molar refractivity (Wildman–Crippen MR) is 113 cm³/mol. The van der Waals surface area contributed by atoms with Gasteiger partial charge in [-0.05, 0) is 37.1 Å². The number of carbonyl (C=O) groups is 1. The maximum atomic E-state index is 11.9. The molecule has 0 saturated carbocycles. The van der Waals surface area contributed by atoms with Crippen LogP contribution in [0.3, 0.4) is 0 Å². The van der Waals surface area contributed by atoms with E-state index in [1.807, 2.05) is 36.0 Å². The van der Waals surface area contributed by atoms with Crippen molar-refractivity contribution in [1.82, 2.24) is 5.32 Å². The molecule has 0 saturated heterocycles. The minimum Gasteiger partial charge on any atom is -0.355 e. The second-order valence-corrected chi connectivity index (χ2v) is 8.54. The van der Waals surface area contributed by atoms with E-state index in [4.69, 9.17) is 11.6 Å². The molecule has 25 heavy (non-hydrogen) atoms. The minimum atomic E-state index is 0.112. The molecule has 0 fully saturated rings. The largest absolute Gasteiger partial charge is 0.355 e. The summed E-state index contributed by atoms with van der Waals surface area (Å²) in [6.07, 6.45) is 0. The Morgan fingerprint density at radius 1 is 0.960 bits per heavy atom. The van der Waals surface area contributed by atoms with Crippen molar-refractivity contribution in [2.75, 3.05) is 18.1 Å². The number of hydrogen-bond donors (Lipinski definition) is 1. The fourth-order valence-electron chi connectivity index (χ4n) is 2.50. The van der Waals surface area contributed by atoms with Crippen molar-refractivity contribution in [2.45, 2.75) is 25.4 Å². The van der Waals surface area contributed by atoms with Crippen molar-refractivity contribution in [2.24, 2.45) is 0 Å². The Morgan fingerprint density at radius 2 is 1.60 bits per heavy atom. The van der Waals surface area contributed by atoms with Crippen LogP contribution in [0.25, 0.3) is 0 Å². The molecule has 0 aliphatic heterocycles. The average molecular weight is 394 g/mol. The van der Waals surface area contributed by atoms with E-state index in [9.17, 15) is 4.79 Å². The third-order valence-electron chi connectivity index (χ3n) is 3.53. The zero-order valence-electron chi connectivity index (χ0n) is 14.7. The van der Waals surface area contributed by atoms with E-state index in [0.717, 1.165) is 22.3 Å². The van der Waals surface area contributed by atoms with Crippen LogP contribution >= 0.6 is 35.1 Å². The topological polar surface area (TPSA) is 29.1 Å². The van der Waals surface area contributed by atoms with Crippen molar-refractivity contribution in [1.29, 1.82) is 0 Å². The van der Waals surface area contributed by atoms with Crippen LogP contribution < -0.4 is 5.32 Å². The van der Waals surface area contributed by atoms with Gasteiger partial charge >= 0.3 is 0 Å². The zero-order valence-corrected chi connectivity index (χ0v) is 17.1. The Kier molecular flexibility index (Phi) is 8.73. The Morgan fingerprint density at radius 3 is 2.28 bits per heavy atom. The van der Waals surface area contributed by atoms with Crippen molar-refractivity contribution in [3.63, 3.8) is 0 Å². The van der Waals surface area contributed by atoms with Crippen molar-refractivity contribution in [3.8, 4) is 0 Å². The number of hydrogen-bond acceptors (Lipinski definition) is 3. The maximum Gasteiger partial charge on any atom is 0.230 e. The quantitative estimate of drug-likeness (QED) is 0.590. The van der Waals surface area contributed by atoms with Crippen LogP contribution in [0, 0.1) is 13.8 Å². The molecule has 2 aromatic carbocycles. The molecule has 0 spiro atoms. The van der Waals surface area contributed by atoms with Gasteiger partial charge in [-0.3, -0.25) is 4.79 Å². The maximum absolute atomic E-state index is 11.9. The van der Waals surface area contributed by atoms with Crippen LogP contribution in [0.4, 0.5) is 0 Å². The Hall–Kier alpha value is -1.10. The first-order chi connectivity index (χ1) is 12.0. The lowest BCUT2D eigenvalue weighted by Gasteiger charge is -2.07. The molecule has 1 amide bonds. The molecule has 0 aliphatic rings. The van der Waals surface area contributed by atoms with E-state index in [1.165, 1.54) is 22.3 Å². The summed E-state index contributed by atoms with van der Waals surface area (Å²) in [6, 6.07) is 14.4. The molecule has 2 nitrogen and oxygen atoms in total. The first-order valence-corrected chi connectivity index (χ1v) is 11.0. The minimum absolute atomic E-state index is 0.112. The highest BCUT2D eigenvalue weighted by atomic mass is 35.5. The van der Waals surface area contributed by atoms with E-state index in [-0.39, 0.29) is 5.91 Å². The Labute approximate surface area is 164 Å². The first kappa shape index (κ1) is 20.2. The van der Waals surface area contributed by atoms with Crippen LogP contribution in [0.2, 0.25) is 5.02 Å². The summed E-state index contributed by atoms with van der Waals surface area (Å²) < 4.78 is 0. The third-order valence-corrected chi connectivity index (χ3v) is 5.82. The van der Waals surface area contributed by atoms with Gasteiger partial charge in [0.2, 0.25) is 5.91 Å². The number of aryl methyl sites for hydroxylation is 2. The average Bonchev–Trinajstić information content (AvgIpc) is 2.55. The predicted octanol–water partition coefficient (Wildman–Crippen LogP) is 5.24. The monoisotopic (exact) mass is 393 g/mol. The molecule has 0 aliphatic carbocycles. The van der Waals surface area contributed by atoms with Gasteiger partial charge in [-0.1, -0.05) is 53.1 Å². The lowest BCUT2D eigenvalue weighted by Crippen LogP contribution is -2.27. The molecule has 5 heteroatoms. The Bertz CT molecular complexity index is 668. The van der Waals surface area contributed by atoms with Gasteiger partial charge in [0.1, 0.15) is 0 Å². The number of amides is 1. The number of halogens is 1. The summed E-state index contributed by atoms with van der Waals surface area (Å²) in [7, 11) is 0. The molecule has 0 heterocycles. The van der Waals surface area contributed by atoms with E-state index in [2.05, 4.69) is 37.4 Å². The van der Waals surface area contributed by atoms with E-state index < -0.39 is 0 Å². The molecular weight excluding hydrogens is 370 g/mol. The van der Waals surface area contributed by atoms with E-state index in [1.54, 1.807) is 11.8 Å². The summed E-state index contributed by atoms with van der Waals surface area (Å²) in [6.45, 7) is 4.92. The molecule has 2 aromatic rings. The van der Waals surface area contributed by atoms with Gasteiger partial charge in [0.25, 0.3) is 0 Å². The lowest BCUT2D eigenvalue weighted by molar-refractivity contribution is -0.118. The molecule has 0 atom stereocenters. The highest BCUT2D eigenvalue weighted by molar-refractivity contribution is 7.99. The van der Waals surface area contributed by atoms with Gasteiger partial charge in [-0.25, -0.2) is 0 Å². The molecule has 0 bridgehead atoms. The molecular formula is C20H24ClNOS2. The van der Waals surface area contributed by atoms with Gasteiger partial charge in [-0.2, -0.15) is 11.8 Å². The van der Waals surface area contributed by atoms with Crippen molar-refractivity contribution in [3.05, 3.63) is 69.7 Å². The van der Waals surface area contributed by atoms with Crippen LogP contribution in [0.5, 0.6) is 0 Å². The molecule has 0 radical (unpaired) electrons. The molecule has 1 N–H and O–H groups in total. The second-order valence-electron chi connectivity index (χ2n) is 6.02.